The first-order chi connectivity index (χ1) is 13.3. The van der Waals surface area contributed by atoms with Crippen molar-refractivity contribution >= 4 is 11.7 Å². The van der Waals surface area contributed by atoms with Gasteiger partial charge in [-0.25, -0.2) is 4.79 Å². The minimum Gasteiger partial charge on any atom is -0.396 e. The van der Waals surface area contributed by atoms with Crippen LogP contribution in [-0.4, -0.2) is 35.7 Å². The summed E-state index contributed by atoms with van der Waals surface area (Å²) in [7, 11) is 0. The van der Waals surface area contributed by atoms with Crippen molar-refractivity contribution in [1.29, 1.82) is 0 Å². The molecule has 2 aromatic rings. The van der Waals surface area contributed by atoms with E-state index in [4.69, 9.17) is 0 Å². The molecule has 0 aromatic heterocycles. The summed E-state index contributed by atoms with van der Waals surface area (Å²) in [4.78, 5) is 14.0. The molecule has 28 heavy (non-hydrogen) atoms. The van der Waals surface area contributed by atoms with Crippen LogP contribution in [0.5, 0.6) is 0 Å². The monoisotopic (exact) mass is 392 g/mol. The van der Waals surface area contributed by atoms with Crippen LogP contribution in [0.25, 0.3) is 0 Å². The van der Waals surface area contributed by atoms with Crippen LogP contribution in [-0.2, 0) is 12.6 Å². The molecule has 2 amide bonds. The van der Waals surface area contributed by atoms with Gasteiger partial charge in [-0.3, -0.25) is 0 Å². The molecule has 2 aromatic carbocycles. The molecule has 0 radical (unpaired) electrons. The summed E-state index contributed by atoms with van der Waals surface area (Å²) in [5.41, 5.74) is 0.168. The maximum Gasteiger partial charge on any atom is 0.416 e. The number of alkyl halides is 3. The van der Waals surface area contributed by atoms with Gasteiger partial charge in [-0.15, -0.1) is 0 Å². The minimum absolute atomic E-state index is 0.0327. The number of hydrogen-bond acceptors (Lipinski definition) is 2. The standard InChI is InChI=1S/C21H23F3N2O2/c22-21(23,24)17-7-4-8-18(13-17)25-19(28)26-11-9-20(15-27,10-12-26)14-16-5-2-1-3-6-16/h1-8,13,27H,9-12,14-15H2,(H,25,28). The summed E-state index contributed by atoms with van der Waals surface area (Å²) >= 11 is 0. The number of carbonyl (C=O) groups excluding carboxylic acids is 1. The molecular formula is C21H23F3N2O2. The van der Waals surface area contributed by atoms with Gasteiger partial charge in [-0.2, -0.15) is 13.2 Å². The second kappa shape index (κ2) is 8.22. The summed E-state index contributed by atoms with van der Waals surface area (Å²) in [6.07, 6.45) is -2.46. The van der Waals surface area contributed by atoms with Crippen LogP contribution >= 0.6 is 0 Å². The molecule has 3 rings (SSSR count). The van der Waals surface area contributed by atoms with Crippen molar-refractivity contribution in [3.05, 3.63) is 65.7 Å². The fourth-order valence-electron chi connectivity index (χ4n) is 3.58. The average molecular weight is 392 g/mol. The molecular weight excluding hydrogens is 369 g/mol. The number of amides is 2. The number of carbonyl (C=O) groups is 1. The maximum atomic E-state index is 12.8. The largest absolute Gasteiger partial charge is 0.416 e. The van der Waals surface area contributed by atoms with Crippen molar-refractivity contribution in [2.45, 2.75) is 25.4 Å². The van der Waals surface area contributed by atoms with E-state index in [9.17, 15) is 23.1 Å². The minimum atomic E-state index is -4.45. The van der Waals surface area contributed by atoms with Crippen molar-refractivity contribution in [2.75, 3.05) is 25.0 Å². The lowest BCUT2D eigenvalue weighted by atomic mass is 9.74. The predicted molar refractivity (Wildman–Crippen MR) is 101 cm³/mol. The topological polar surface area (TPSA) is 52.6 Å². The van der Waals surface area contributed by atoms with Gasteiger partial charge in [0.2, 0.25) is 0 Å². The zero-order valence-corrected chi connectivity index (χ0v) is 15.4. The number of rotatable bonds is 4. The third-order valence-electron chi connectivity index (χ3n) is 5.31. The fraction of sp³-hybridized carbons (Fsp3) is 0.381. The quantitative estimate of drug-likeness (QED) is 0.802. The summed E-state index contributed by atoms with van der Waals surface area (Å²) in [5, 5.41) is 12.5. The number of halogens is 3. The lowest BCUT2D eigenvalue weighted by molar-refractivity contribution is -0.137. The van der Waals surface area contributed by atoms with Crippen LogP contribution < -0.4 is 5.32 Å². The van der Waals surface area contributed by atoms with Crippen LogP contribution in [0.15, 0.2) is 54.6 Å². The van der Waals surface area contributed by atoms with Crippen molar-refractivity contribution in [2.24, 2.45) is 5.41 Å². The number of nitrogens with zero attached hydrogens (tertiary/aromatic N) is 1. The van der Waals surface area contributed by atoms with Gasteiger partial charge in [0.1, 0.15) is 0 Å². The van der Waals surface area contributed by atoms with Gasteiger partial charge < -0.3 is 15.3 Å². The molecule has 1 aliphatic rings. The van der Waals surface area contributed by atoms with E-state index in [1.54, 1.807) is 4.90 Å². The van der Waals surface area contributed by atoms with E-state index in [1.807, 2.05) is 30.3 Å². The third-order valence-corrected chi connectivity index (χ3v) is 5.31. The third kappa shape index (κ3) is 4.84. The number of hydrogen-bond donors (Lipinski definition) is 2. The van der Waals surface area contributed by atoms with Crippen LogP contribution in [0, 0.1) is 5.41 Å². The molecule has 2 N–H and O–H groups in total. The number of benzene rings is 2. The molecule has 1 saturated heterocycles. The van der Waals surface area contributed by atoms with E-state index >= 15 is 0 Å². The highest BCUT2D eigenvalue weighted by Crippen LogP contribution is 2.35. The number of nitrogens with one attached hydrogen (secondary N) is 1. The molecule has 1 aliphatic heterocycles. The molecule has 0 aliphatic carbocycles. The Morgan fingerprint density at radius 1 is 1.07 bits per heavy atom. The van der Waals surface area contributed by atoms with E-state index in [1.165, 1.54) is 12.1 Å². The summed E-state index contributed by atoms with van der Waals surface area (Å²) < 4.78 is 38.4. The first-order valence-electron chi connectivity index (χ1n) is 9.19. The van der Waals surface area contributed by atoms with Crippen LogP contribution in [0.4, 0.5) is 23.7 Å². The summed E-state index contributed by atoms with van der Waals surface area (Å²) in [6, 6.07) is 14.1. The first kappa shape index (κ1) is 20.2. The zero-order valence-electron chi connectivity index (χ0n) is 15.4. The van der Waals surface area contributed by atoms with Crippen molar-refractivity contribution in [1.82, 2.24) is 4.90 Å². The van der Waals surface area contributed by atoms with E-state index < -0.39 is 17.8 Å². The predicted octanol–water partition coefficient (Wildman–Crippen LogP) is 4.55. The maximum absolute atomic E-state index is 12.8. The number of anilines is 1. The van der Waals surface area contributed by atoms with Gasteiger partial charge in [0.25, 0.3) is 0 Å². The molecule has 0 unspecified atom stereocenters. The van der Waals surface area contributed by atoms with Gasteiger partial charge >= 0.3 is 12.2 Å². The number of piperidine rings is 1. The Morgan fingerprint density at radius 2 is 1.75 bits per heavy atom. The van der Waals surface area contributed by atoms with Gasteiger partial charge in [0.05, 0.1) is 5.56 Å². The van der Waals surface area contributed by atoms with Gasteiger partial charge in [0, 0.05) is 30.8 Å². The Labute approximate surface area is 162 Å². The Bertz CT molecular complexity index is 801. The summed E-state index contributed by atoms with van der Waals surface area (Å²) in [5.74, 6) is 0. The van der Waals surface area contributed by atoms with E-state index in [0.29, 0.717) is 25.9 Å². The fourth-order valence-corrected chi connectivity index (χ4v) is 3.58. The number of aliphatic hydroxyl groups excluding tert-OH is 1. The Morgan fingerprint density at radius 3 is 2.36 bits per heavy atom. The molecule has 0 atom stereocenters. The van der Waals surface area contributed by atoms with Crippen molar-refractivity contribution < 1.29 is 23.1 Å². The molecule has 150 valence electrons. The highest BCUT2D eigenvalue weighted by molar-refractivity contribution is 5.89. The molecule has 1 heterocycles. The zero-order chi connectivity index (χ0) is 20.2. The van der Waals surface area contributed by atoms with E-state index in [-0.39, 0.29) is 17.7 Å². The molecule has 4 nitrogen and oxygen atoms in total. The molecule has 0 spiro atoms. The second-order valence-corrected chi connectivity index (χ2v) is 7.32. The van der Waals surface area contributed by atoms with Gasteiger partial charge in [-0.05, 0) is 43.0 Å². The average Bonchev–Trinajstić information content (AvgIpc) is 2.69. The number of urea groups is 1. The normalized spacial score (nSPS) is 16.6. The first-order valence-corrected chi connectivity index (χ1v) is 9.19. The lowest BCUT2D eigenvalue weighted by Gasteiger charge is -2.40. The SMILES string of the molecule is O=C(Nc1cccc(C(F)(F)F)c1)N1CCC(CO)(Cc2ccccc2)CC1. The Balaban J connectivity index is 1.60. The Hall–Kier alpha value is -2.54. The second-order valence-electron chi connectivity index (χ2n) is 7.32. The van der Waals surface area contributed by atoms with E-state index in [2.05, 4.69) is 5.32 Å². The van der Waals surface area contributed by atoms with Crippen LogP contribution in [0.1, 0.15) is 24.0 Å². The molecule has 1 fully saturated rings. The van der Waals surface area contributed by atoms with Crippen molar-refractivity contribution in [3.8, 4) is 0 Å². The Kier molecular flexibility index (Phi) is 5.93. The summed E-state index contributed by atoms with van der Waals surface area (Å²) in [6.45, 7) is 0.918. The van der Waals surface area contributed by atoms with Crippen LogP contribution in [0.3, 0.4) is 0 Å². The molecule has 0 bridgehead atoms. The smallest absolute Gasteiger partial charge is 0.396 e. The van der Waals surface area contributed by atoms with E-state index in [0.717, 1.165) is 24.1 Å². The van der Waals surface area contributed by atoms with Gasteiger partial charge in [0.15, 0.2) is 0 Å². The van der Waals surface area contributed by atoms with Crippen molar-refractivity contribution in [3.63, 3.8) is 0 Å². The highest BCUT2D eigenvalue weighted by atomic mass is 19.4. The molecule has 7 heteroatoms. The molecule has 0 saturated carbocycles. The van der Waals surface area contributed by atoms with Crippen LogP contribution in [0.2, 0.25) is 0 Å². The number of likely N-dealkylation sites (tertiary alicyclic amines) is 1. The number of aliphatic hydroxyl groups is 1. The lowest BCUT2D eigenvalue weighted by Crippen LogP contribution is -2.47. The van der Waals surface area contributed by atoms with Gasteiger partial charge in [-0.1, -0.05) is 36.4 Å². The highest BCUT2D eigenvalue weighted by Gasteiger charge is 2.36.